The molecule has 0 aliphatic heterocycles. The Morgan fingerprint density at radius 1 is 1.86 bits per heavy atom. The van der Waals surface area contributed by atoms with Gasteiger partial charge in [-0.1, -0.05) is 0 Å². The second-order valence-corrected chi connectivity index (χ2v) is 0.871. The van der Waals surface area contributed by atoms with Crippen LogP contribution in [0.5, 0.6) is 0 Å². The summed E-state index contributed by atoms with van der Waals surface area (Å²) in [6.07, 6.45) is 0. The minimum Gasteiger partial charge on any atom is -0.387 e. The van der Waals surface area contributed by atoms with Gasteiger partial charge in [0.05, 0.1) is 0 Å². The molecule has 0 fully saturated rings. The van der Waals surface area contributed by atoms with E-state index in [0.717, 1.165) is 0 Å². The van der Waals surface area contributed by atoms with Crippen LogP contribution in [0.2, 0.25) is 0 Å². The van der Waals surface area contributed by atoms with E-state index in [1.165, 1.54) is 0 Å². The summed E-state index contributed by atoms with van der Waals surface area (Å²) in [6, 6.07) is 0. The Hall–Kier alpha value is -0.790. The molecule has 0 bridgehead atoms. The Kier molecular flexibility index (Phi) is 4.62. The molecule has 0 aromatic rings. The first-order valence-corrected chi connectivity index (χ1v) is 1.96. The molecule has 0 heterocycles. The van der Waals surface area contributed by atoms with Crippen LogP contribution >= 0.6 is 0 Å². The van der Waals surface area contributed by atoms with Crippen LogP contribution in [0.25, 0.3) is 0 Å². The number of hydrogen-bond acceptors (Lipinski definition) is 3. The molecule has 0 aliphatic rings. The van der Waals surface area contributed by atoms with Gasteiger partial charge >= 0.3 is 0 Å². The van der Waals surface area contributed by atoms with Gasteiger partial charge in [0.25, 0.3) is 0 Å². The number of nitrogens with two attached hydrogens (primary N) is 1. The van der Waals surface area contributed by atoms with Crippen molar-refractivity contribution in [2.45, 2.75) is 0 Å². The first-order valence-electron chi connectivity index (χ1n) is 1.96. The molecule has 7 heavy (non-hydrogen) atoms. The number of rotatable bonds is 3. The predicted molar refractivity (Wildman–Crippen MR) is 28.1 cm³/mol. The topological polar surface area (TPSA) is 47.6 Å². The summed E-state index contributed by atoms with van der Waals surface area (Å²) in [5.41, 5.74) is 5.04. The van der Waals surface area contributed by atoms with Gasteiger partial charge in [0, 0.05) is 12.4 Å². The van der Waals surface area contributed by atoms with Crippen LogP contribution in [0.3, 0.4) is 0 Å². The van der Waals surface area contributed by atoms with E-state index in [0.29, 0.717) is 13.2 Å². The highest BCUT2D eigenvalue weighted by Crippen LogP contribution is 1.65. The van der Waals surface area contributed by atoms with Crippen LogP contribution < -0.4 is 5.73 Å². The van der Waals surface area contributed by atoms with Gasteiger partial charge in [-0.3, -0.25) is 0 Å². The molecule has 0 atom stereocenters. The zero-order chi connectivity index (χ0) is 5.54. The van der Waals surface area contributed by atoms with Gasteiger partial charge in [0.2, 0.25) is 0 Å². The normalized spacial score (nSPS) is 7.00. The Morgan fingerprint density at radius 3 is 3.00 bits per heavy atom. The van der Waals surface area contributed by atoms with Crippen molar-refractivity contribution in [2.24, 2.45) is 10.9 Å². The molecule has 2 N–H and O–H groups in total. The molecule has 0 saturated heterocycles. The molecule has 0 saturated carbocycles. The molecule has 40 valence electrons. The SMILES string of the molecule is C=C=NOCCN. The van der Waals surface area contributed by atoms with Crippen LogP contribution in [0, 0.1) is 0 Å². The summed E-state index contributed by atoms with van der Waals surface area (Å²) in [5.74, 6) is 2.20. The van der Waals surface area contributed by atoms with Gasteiger partial charge < -0.3 is 10.6 Å². The van der Waals surface area contributed by atoms with Crippen LogP contribution in [0.4, 0.5) is 0 Å². The van der Waals surface area contributed by atoms with Gasteiger partial charge in [-0.15, -0.1) is 0 Å². The zero-order valence-electron chi connectivity index (χ0n) is 4.05. The van der Waals surface area contributed by atoms with E-state index < -0.39 is 0 Å². The first-order chi connectivity index (χ1) is 3.41. The zero-order valence-corrected chi connectivity index (χ0v) is 4.05. The largest absolute Gasteiger partial charge is 0.387 e. The molecular weight excluding hydrogens is 92.1 g/mol. The molecule has 0 aromatic carbocycles. The Balaban J connectivity index is 2.83. The quantitative estimate of drug-likeness (QED) is 0.301. The lowest BCUT2D eigenvalue weighted by Crippen LogP contribution is -2.04. The molecule has 0 radical (unpaired) electrons. The minimum absolute atomic E-state index is 0.433. The lowest BCUT2D eigenvalue weighted by atomic mass is 10.8. The molecule has 0 aromatic heterocycles. The summed E-state index contributed by atoms with van der Waals surface area (Å²) >= 11 is 0. The van der Waals surface area contributed by atoms with Crippen molar-refractivity contribution < 1.29 is 4.84 Å². The third kappa shape index (κ3) is 5.21. The maximum absolute atomic E-state index is 5.04. The van der Waals surface area contributed by atoms with Crippen molar-refractivity contribution in [1.82, 2.24) is 0 Å². The van der Waals surface area contributed by atoms with E-state index in [1.54, 1.807) is 0 Å². The fourth-order valence-corrected chi connectivity index (χ4v) is 0.144. The van der Waals surface area contributed by atoms with Crippen LogP contribution in [0.1, 0.15) is 0 Å². The minimum atomic E-state index is 0.433. The summed E-state index contributed by atoms with van der Waals surface area (Å²) in [5, 5.41) is 3.22. The first kappa shape index (κ1) is 6.21. The van der Waals surface area contributed by atoms with Gasteiger partial charge in [0.1, 0.15) is 6.61 Å². The Labute approximate surface area is 42.4 Å². The lowest BCUT2D eigenvalue weighted by molar-refractivity contribution is 0.154. The van der Waals surface area contributed by atoms with E-state index >= 15 is 0 Å². The maximum atomic E-state index is 5.04. The maximum Gasteiger partial charge on any atom is 0.130 e. The summed E-state index contributed by atoms with van der Waals surface area (Å²) in [7, 11) is 0. The van der Waals surface area contributed by atoms with E-state index in [9.17, 15) is 0 Å². The highest BCUT2D eigenvalue weighted by atomic mass is 16.6. The van der Waals surface area contributed by atoms with Crippen LogP contribution in [0.15, 0.2) is 11.7 Å². The summed E-state index contributed by atoms with van der Waals surface area (Å²) in [4.78, 5) is 4.46. The van der Waals surface area contributed by atoms with Gasteiger partial charge in [-0.25, -0.2) is 0 Å². The molecular formula is C4H8N2O. The second kappa shape index (κ2) is 5.21. The Bertz CT molecular complexity index is 75.8. The predicted octanol–water partition coefficient (Wildman–Crippen LogP) is -0.268. The van der Waals surface area contributed by atoms with Crippen molar-refractivity contribution in [2.75, 3.05) is 13.2 Å². The van der Waals surface area contributed by atoms with Gasteiger partial charge in [0.15, 0.2) is 0 Å². The highest BCUT2D eigenvalue weighted by Gasteiger charge is 1.71. The summed E-state index contributed by atoms with van der Waals surface area (Å²) in [6.45, 7) is 4.09. The van der Waals surface area contributed by atoms with E-state index in [2.05, 4.69) is 22.4 Å². The van der Waals surface area contributed by atoms with E-state index in [-0.39, 0.29) is 0 Å². The molecule has 0 amide bonds. The third-order valence-corrected chi connectivity index (χ3v) is 0.338. The van der Waals surface area contributed by atoms with Gasteiger partial charge in [-0.05, 0) is 11.7 Å². The van der Waals surface area contributed by atoms with Crippen molar-refractivity contribution in [3.05, 3.63) is 6.58 Å². The van der Waals surface area contributed by atoms with Crippen molar-refractivity contribution >= 4 is 5.87 Å². The van der Waals surface area contributed by atoms with Crippen molar-refractivity contribution in [1.29, 1.82) is 0 Å². The summed E-state index contributed by atoms with van der Waals surface area (Å²) < 4.78 is 0. The van der Waals surface area contributed by atoms with E-state index in [4.69, 9.17) is 5.73 Å². The smallest absolute Gasteiger partial charge is 0.130 e. The lowest BCUT2D eigenvalue weighted by Gasteiger charge is -1.87. The van der Waals surface area contributed by atoms with E-state index in [1.807, 2.05) is 0 Å². The highest BCUT2D eigenvalue weighted by molar-refractivity contribution is 5.45. The fourth-order valence-electron chi connectivity index (χ4n) is 0.144. The Morgan fingerprint density at radius 2 is 2.57 bits per heavy atom. The standard InChI is InChI=1S/C4H8N2O/c1-2-6-7-4-3-5/h1,3-5H2. The molecule has 0 aliphatic carbocycles. The van der Waals surface area contributed by atoms with Crippen molar-refractivity contribution in [3.63, 3.8) is 0 Å². The van der Waals surface area contributed by atoms with Crippen LogP contribution in [-0.4, -0.2) is 19.0 Å². The molecule has 3 heteroatoms. The third-order valence-electron chi connectivity index (χ3n) is 0.338. The van der Waals surface area contributed by atoms with Gasteiger partial charge in [-0.2, -0.15) is 0 Å². The molecule has 0 rings (SSSR count). The number of nitrogens with zero attached hydrogens (tertiary/aromatic N) is 1. The molecule has 0 unspecified atom stereocenters. The number of hydrogen-bond donors (Lipinski definition) is 1. The average Bonchev–Trinajstić information content (AvgIpc) is 1.69. The van der Waals surface area contributed by atoms with Crippen LogP contribution in [-0.2, 0) is 4.84 Å². The van der Waals surface area contributed by atoms with Crippen molar-refractivity contribution in [3.8, 4) is 0 Å². The average molecular weight is 100 g/mol. The second-order valence-electron chi connectivity index (χ2n) is 0.871. The fraction of sp³-hybridized carbons (Fsp3) is 0.500. The molecule has 0 spiro atoms. The molecule has 3 nitrogen and oxygen atoms in total. The monoisotopic (exact) mass is 100 g/mol.